The molecule has 0 aliphatic heterocycles. The first-order valence-corrected chi connectivity index (χ1v) is 12.9. The number of allylic oxidation sites excluding steroid dienone is 3. The van der Waals surface area contributed by atoms with Crippen molar-refractivity contribution in [2.45, 2.75) is 78.2 Å². The van der Waals surface area contributed by atoms with Gasteiger partial charge in [-0.15, -0.1) is 0 Å². The monoisotopic (exact) mass is 537 g/mol. The number of nitrogens with zero attached hydrogens (tertiary/aromatic N) is 1. The Labute approximate surface area is 223 Å². The SMILES string of the molecule is CCN(CC)C(=O)c1cccc(C(=O)NC(C/C(C)=C/C/C(F)=C\CF)[C@@H](O)C[C@@H](O)C(=O)NC(C)C)c1. The number of nitrogens with one attached hydrogen (secondary N) is 2. The fraction of sp³-hybridized carbons (Fsp3) is 0.536. The minimum Gasteiger partial charge on any atom is -0.391 e. The Morgan fingerprint density at radius 1 is 1.05 bits per heavy atom. The quantitative estimate of drug-likeness (QED) is 0.256. The zero-order valence-corrected chi connectivity index (χ0v) is 22.8. The topological polar surface area (TPSA) is 119 Å². The first kappa shape index (κ1) is 32.9. The Morgan fingerprint density at radius 3 is 2.26 bits per heavy atom. The number of amides is 3. The van der Waals surface area contributed by atoms with Gasteiger partial charge in [0.2, 0.25) is 5.91 Å². The molecule has 1 unspecified atom stereocenters. The summed E-state index contributed by atoms with van der Waals surface area (Å²) in [7, 11) is 0. The van der Waals surface area contributed by atoms with E-state index >= 15 is 0 Å². The van der Waals surface area contributed by atoms with Gasteiger partial charge < -0.3 is 25.7 Å². The fourth-order valence-electron chi connectivity index (χ4n) is 3.77. The molecular weight excluding hydrogens is 496 g/mol. The predicted octanol–water partition coefficient (Wildman–Crippen LogP) is 3.45. The molecular formula is C28H41F2N3O5. The molecule has 1 rings (SSSR count). The van der Waals surface area contributed by atoms with E-state index in [1.165, 1.54) is 18.2 Å². The van der Waals surface area contributed by atoms with Crippen molar-refractivity contribution in [1.82, 2.24) is 15.5 Å². The van der Waals surface area contributed by atoms with E-state index in [4.69, 9.17) is 0 Å². The zero-order valence-electron chi connectivity index (χ0n) is 22.8. The number of alkyl halides is 1. The second kappa shape index (κ2) is 16.7. The second-order valence-corrected chi connectivity index (χ2v) is 9.38. The van der Waals surface area contributed by atoms with E-state index in [0.29, 0.717) is 24.2 Å². The molecule has 4 N–H and O–H groups in total. The molecule has 0 saturated heterocycles. The standard InChI is InChI=1S/C28H41F2N3O5/c1-6-33(7-2)28(38)21-10-8-9-20(16-21)26(36)32-23(15-19(5)11-12-22(30)13-14-29)24(34)17-25(35)27(37)31-18(3)4/h8-11,13,16,18,23-25,34-35H,6-7,12,14-15,17H2,1-5H3,(H,31,37)(H,32,36)/b19-11+,22-13+/t23?,24-,25+/m0/s1. The van der Waals surface area contributed by atoms with Crippen molar-refractivity contribution in [3.63, 3.8) is 0 Å². The summed E-state index contributed by atoms with van der Waals surface area (Å²) < 4.78 is 25.9. The second-order valence-electron chi connectivity index (χ2n) is 9.38. The number of carbonyl (C=O) groups is 3. The molecule has 38 heavy (non-hydrogen) atoms. The smallest absolute Gasteiger partial charge is 0.253 e. The van der Waals surface area contributed by atoms with Crippen molar-refractivity contribution in [1.29, 1.82) is 0 Å². The van der Waals surface area contributed by atoms with E-state index in [0.717, 1.165) is 6.08 Å². The minimum absolute atomic E-state index is 0.0758. The van der Waals surface area contributed by atoms with E-state index in [1.54, 1.807) is 37.8 Å². The maximum Gasteiger partial charge on any atom is 0.253 e. The van der Waals surface area contributed by atoms with Crippen LogP contribution in [0.1, 0.15) is 74.6 Å². The lowest BCUT2D eigenvalue weighted by Gasteiger charge is -2.26. The van der Waals surface area contributed by atoms with Gasteiger partial charge in [0, 0.05) is 43.1 Å². The largest absolute Gasteiger partial charge is 0.391 e. The van der Waals surface area contributed by atoms with Crippen LogP contribution in [0, 0.1) is 0 Å². The van der Waals surface area contributed by atoms with Crippen molar-refractivity contribution in [2.24, 2.45) is 0 Å². The van der Waals surface area contributed by atoms with Crippen LogP contribution in [0.25, 0.3) is 0 Å². The van der Waals surface area contributed by atoms with Crippen LogP contribution in [0.5, 0.6) is 0 Å². The van der Waals surface area contributed by atoms with Crippen LogP contribution in [-0.2, 0) is 4.79 Å². The van der Waals surface area contributed by atoms with Gasteiger partial charge in [0.1, 0.15) is 18.6 Å². The number of rotatable bonds is 15. The lowest BCUT2D eigenvalue weighted by molar-refractivity contribution is -0.131. The van der Waals surface area contributed by atoms with Crippen LogP contribution in [0.2, 0.25) is 0 Å². The number of hydrogen-bond donors (Lipinski definition) is 4. The summed E-state index contributed by atoms with van der Waals surface area (Å²) in [5.41, 5.74) is 1.13. The Morgan fingerprint density at radius 2 is 1.68 bits per heavy atom. The highest BCUT2D eigenvalue weighted by Crippen LogP contribution is 2.17. The Kier molecular flexibility index (Phi) is 14.4. The summed E-state index contributed by atoms with van der Waals surface area (Å²) in [5.74, 6) is -2.09. The molecule has 3 amide bonds. The molecule has 0 aliphatic carbocycles. The summed E-state index contributed by atoms with van der Waals surface area (Å²) in [6.07, 6.45) is -0.952. The van der Waals surface area contributed by atoms with E-state index in [9.17, 15) is 33.4 Å². The lowest BCUT2D eigenvalue weighted by Crippen LogP contribution is -2.47. The highest BCUT2D eigenvalue weighted by atomic mass is 19.1. The Balaban J connectivity index is 3.15. The van der Waals surface area contributed by atoms with Crippen LogP contribution >= 0.6 is 0 Å². The molecule has 10 heteroatoms. The van der Waals surface area contributed by atoms with E-state index in [1.807, 2.05) is 13.8 Å². The van der Waals surface area contributed by atoms with Gasteiger partial charge in [-0.1, -0.05) is 17.7 Å². The van der Waals surface area contributed by atoms with Crippen molar-refractivity contribution in [3.8, 4) is 0 Å². The van der Waals surface area contributed by atoms with Crippen molar-refractivity contribution >= 4 is 17.7 Å². The molecule has 1 aromatic carbocycles. The third-order valence-electron chi connectivity index (χ3n) is 5.89. The average molecular weight is 538 g/mol. The molecule has 0 heterocycles. The number of aliphatic hydroxyl groups is 2. The summed E-state index contributed by atoms with van der Waals surface area (Å²) in [6.45, 7) is 8.94. The summed E-state index contributed by atoms with van der Waals surface area (Å²) in [5, 5.41) is 26.4. The normalized spacial score (nSPS) is 14.6. The number of hydrogen-bond acceptors (Lipinski definition) is 5. The van der Waals surface area contributed by atoms with Crippen LogP contribution < -0.4 is 10.6 Å². The maximum atomic E-state index is 13.6. The molecule has 212 valence electrons. The van der Waals surface area contributed by atoms with Crippen molar-refractivity contribution < 1.29 is 33.4 Å². The third kappa shape index (κ3) is 11.1. The van der Waals surface area contributed by atoms with Gasteiger partial charge in [-0.05, 0) is 65.3 Å². The van der Waals surface area contributed by atoms with Gasteiger partial charge in [-0.2, -0.15) is 0 Å². The molecule has 0 aliphatic rings. The number of aliphatic hydroxyl groups excluding tert-OH is 2. The maximum absolute atomic E-state index is 13.6. The van der Waals surface area contributed by atoms with Gasteiger partial charge in [0.15, 0.2) is 0 Å². The van der Waals surface area contributed by atoms with Gasteiger partial charge in [-0.3, -0.25) is 14.4 Å². The summed E-state index contributed by atoms with van der Waals surface area (Å²) >= 11 is 0. The van der Waals surface area contributed by atoms with Gasteiger partial charge in [0.25, 0.3) is 11.8 Å². The molecule has 0 saturated carbocycles. The van der Waals surface area contributed by atoms with Crippen molar-refractivity contribution in [3.05, 3.63) is 58.9 Å². The fourth-order valence-corrected chi connectivity index (χ4v) is 3.77. The zero-order chi connectivity index (χ0) is 28.8. The molecule has 0 bridgehead atoms. The molecule has 0 fully saturated rings. The third-order valence-corrected chi connectivity index (χ3v) is 5.89. The lowest BCUT2D eigenvalue weighted by atomic mass is 9.96. The van der Waals surface area contributed by atoms with Gasteiger partial charge in [0.05, 0.1) is 12.1 Å². The molecule has 3 atom stereocenters. The first-order chi connectivity index (χ1) is 17.9. The highest BCUT2D eigenvalue weighted by Gasteiger charge is 2.28. The molecule has 1 aromatic rings. The van der Waals surface area contributed by atoms with Crippen LogP contribution in [-0.4, -0.2) is 76.9 Å². The van der Waals surface area contributed by atoms with Crippen molar-refractivity contribution in [2.75, 3.05) is 19.8 Å². The van der Waals surface area contributed by atoms with Crippen LogP contribution in [0.15, 0.2) is 47.8 Å². The number of benzene rings is 1. The average Bonchev–Trinajstić information content (AvgIpc) is 2.87. The molecule has 0 aromatic heterocycles. The Hall–Kier alpha value is -3.11. The van der Waals surface area contributed by atoms with Gasteiger partial charge >= 0.3 is 0 Å². The van der Waals surface area contributed by atoms with Crippen LogP contribution in [0.4, 0.5) is 8.78 Å². The highest BCUT2D eigenvalue weighted by molar-refractivity contribution is 5.99. The predicted molar refractivity (Wildman–Crippen MR) is 143 cm³/mol. The Bertz CT molecular complexity index is 992. The van der Waals surface area contributed by atoms with Crippen LogP contribution in [0.3, 0.4) is 0 Å². The van der Waals surface area contributed by atoms with E-state index in [2.05, 4.69) is 10.6 Å². The van der Waals surface area contributed by atoms with Gasteiger partial charge in [-0.25, -0.2) is 8.78 Å². The molecule has 0 spiro atoms. The number of carbonyl (C=O) groups excluding carboxylic acids is 3. The first-order valence-electron chi connectivity index (χ1n) is 12.9. The molecule has 0 radical (unpaired) electrons. The van der Waals surface area contributed by atoms with E-state index < -0.39 is 42.6 Å². The molecule has 8 nitrogen and oxygen atoms in total. The summed E-state index contributed by atoms with van der Waals surface area (Å²) in [4.78, 5) is 39.6. The van der Waals surface area contributed by atoms with E-state index in [-0.39, 0.29) is 36.8 Å². The minimum atomic E-state index is -1.52. The summed E-state index contributed by atoms with van der Waals surface area (Å²) in [6, 6.07) is 5.03. The number of halogens is 2.